The van der Waals surface area contributed by atoms with Gasteiger partial charge in [-0.05, 0) is 18.4 Å². The van der Waals surface area contributed by atoms with Crippen LogP contribution in [0.25, 0.3) is 0 Å². The Kier molecular flexibility index (Phi) is 4.29. The summed E-state index contributed by atoms with van der Waals surface area (Å²) in [4.78, 5) is 27.6. The Morgan fingerprint density at radius 2 is 1.91 bits per heavy atom. The molecule has 0 aliphatic carbocycles. The lowest BCUT2D eigenvalue weighted by atomic mass is 10.1. The third-order valence-electron chi connectivity index (χ3n) is 4.23. The van der Waals surface area contributed by atoms with Gasteiger partial charge in [-0.15, -0.1) is 0 Å². The zero-order chi connectivity index (χ0) is 15.5. The summed E-state index contributed by atoms with van der Waals surface area (Å²) in [6.07, 6.45) is 0.0363. The number of aliphatic hydroxyl groups excluding tert-OH is 1. The van der Waals surface area contributed by atoms with Crippen molar-refractivity contribution in [3.63, 3.8) is 0 Å². The topological polar surface area (TPSA) is 70.1 Å². The summed E-state index contributed by atoms with van der Waals surface area (Å²) in [6.45, 7) is 1.92. The van der Waals surface area contributed by atoms with Crippen molar-refractivity contribution in [2.24, 2.45) is 0 Å². The van der Waals surface area contributed by atoms with Gasteiger partial charge in [0.2, 0.25) is 5.91 Å². The van der Waals surface area contributed by atoms with E-state index in [0.717, 1.165) is 12.0 Å². The highest BCUT2D eigenvalue weighted by atomic mass is 16.6. The third kappa shape index (κ3) is 2.92. The molecular formula is C16H20N2O4. The van der Waals surface area contributed by atoms with E-state index in [1.165, 1.54) is 4.90 Å². The van der Waals surface area contributed by atoms with Gasteiger partial charge in [0.25, 0.3) is 0 Å². The zero-order valence-corrected chi connectivity index (χ0v) is 12.4. The average Bonchev–Trinajstić information content (AvgIpc) is 2.86. The van der Waals surface area contributed by atoms with E-state index in [1.807, 2.05) is 30.3 Å². The molecule has 2 saturated heterocycles. The number of aliphatic hydroxyl groups is 1. The minimum Gasteiger partial charge on any atom is -0.445 e. The van der Waals surface area contributed by atoms with Crippen LogP contribution in [-0.4, -0.2) is 58.7 Å². The number of carbonyl (C=O) groups excluding carboxylic acids is 2. The van der Waals surface area contributed by atoms with Crippen LogP contribution in [0.15, 0.2) is 30.3 Å². The zero-order valence-electron chi connectivity index (χ0n) is 12.4. The summed E-state index contributed by atoms with van der Waals surface area (Å²) in [5, 5.41) is 10.0. The molecule has 2 heterocycles. The monoisotopic (exact) mass is 304 g/mol. The van der Waals surface area contributed by atoms with Crippen molar-refractivity contribution in [2.75, 3.05) is 19.6 Å². The van der Waals surface area contributed by atoms with Crippen molar-refractivity contribution >= 4 is 12.0 Å². The van der Waals surface area contributed by atoms with Gasteiger partial charge in [0, 0.05) is 19.6 Å². The van der Waals surface area contributed by atoms with Crippen LogP contribution < -0.4 is 0 Å². The number of benzene rings is 1. The normalized spacial score (nSPS) is 24.0. The molecule has 0 spiro atoms. The molecule has 2 amide bonds. The summed E-state index contributed by atoms with van der Waals surface area (Å²) in [6, 6.07) is 8.58. The van der Waals surface area contributed by atoms with Gasteiger partial charge in [-0.3, -0.25) is 9.69 Å². The van der Waals surface area contributed by atoms with Crippen LogP contribution in [0, 0.1) is 0 Å². The third-order valence-corrected chi connectivity index (χ3v) is 4.23. The first kappa shape index (κ1) is 14.8. The Morgan fingerprint density at radius 1 is 1.18 bits per heavy atom. The van der Waals surface area contributed by atoms with Crippen LogP contribution in [0.1, 0.15) is 18.4 Å². The van der Waals surface area contributed by atoms with Gasteiger partial charge < -0.3 is 14.7 Å². The van der Waals surface area contributed by atoms with E-state index in [9.17, 15) is 14.7 Å². The Bertz CT molecular complexity index is 544. The minimum absolute atomic E-state index is 0.164. The lowest BCUT2D eigenvalue weighted by molar-refractivity contribution is -0.141. The summed E-state index contributed by atoms with van der Waals surface area (Å²) in [5.74, 6) is -0.173. The van der Waals surface area contributed by atoms with Crippen LogP contribution in [0.3, 0.4) is 0 Å². The van der Waals surface area contributed by atoms with E-state index in [4.69, 9.17) is 4.74 Å². The Balaban J connectivity index is 1.61. The van der Waals surface area contributed by atoms with Crippen molar-refractivity contribution in [3.05, 3.63) is 35.9 Å². The van der Waals surface area contributed by atoms with Crippen molar-refractivity contribution in [1.29, 1.82) is 0 Å². The van der Waals surface area contributed by atoms with E-state index in [2.05, 4.69) is 0 Å². The molecule has 0 radical (unpaired) electrons. The number of nitrogens with zero attached hydrogens (tertiary/aromatic N) is 2. The molecule has 0 saturated carbocycles. The summed E-state index contributed by atoms with van der Waals surface area (Å²) in [7, 11) is 0. The van der Waals surface area contributed by atoms with Crippen LogP contribution in [0.5, 0.6) is 0 Å². The Hall–Kier alpha value is -2.08. The first-order valence-corrected chi connectivity index (χ1v) is 7.61. The quantitative estimate of drug-likeness (QED) is 0.904. The lowest BCUT2D eigenvalue weighted by Crippen LogP contribution is -2.55. The van der Waals surface area contributed by atoms with Gasteiger partial charge in [0.05, 0.1) is 6.10 Å². The predicted molar refractivity (Wildman–Crippen MR) is 78.9 cm³/mol. The molecule has 2 atom stereocenters. The second kappa shape index (κ2) is 6.36. The molecular weight excluding hydrogens is 284 g/mol. The van der Waals surface area contributed by atoms with Gasteiger partial charge in [-0.2, -0.15) is 0 Å². The largest absolute Gasteiger partial charge is 0.445 e. The molecule has 1 N–H and O–H groups in total. The number of hydrogen-bond donors (Lipinski definition) is 1. The predicted octanol–water partition coefficient (Wildman–Crippen LogP) is 0.991. The van der Waals surface area contributed by atoms with E-state index < -0.39 is 18.2 Å². The van der Waals surface area contributed by atoms with E-state index in [0.29, 0.717) is 26.1 Å². The van der Waals surface area contributed by atoms with Gasteiger partial charge in [-0.1, -0.05) is 30.3 Å². The number of likely N-dealkylation sites (tertiary alicyclic amines) is 2. The molecule has 1 aromatic carbocycles. The molecule has 1 aromatic rings. The van der Waals surface area contributed by atoms with Gasteiger partial charge in [0.1, 0.15) is 12.6 Å². The molecule has 118 valence electrons. The van der Waals surface area contributed by atoms with Crippen LogP contribution in [-0.2, 0) is 16.1 Å². The number of carbonyl (C=O) groups is 2. The SMILES string of the molecule is O=C(C1C(O)CCN1C(=O)OCc1ccccc1)N1CCC1. The fourth-order valence-corrected chi connectivity index (χ4v) is 2.80. The summed E-state index contributed by atoms with van der Waals surface area (Å²) >= 11 is 0. The molecule has 0 aromatic heterocycles. The highest BCUT2D eigenvalue weighted by Crippen LogP contribution is 2.23. The smallest absolute Gasteiger partial charge is 0.410 e. The number of amides is 2. The van der Waals surface area contributed by atoms with Crippen molar-refractivity contribution in [3.8, 4) is 0 Å². The Labute approximate surface area is 129 Å². The molecule has 2 aliphatic heterocycles. The van der Waals surface area contributed by atoms with Crippen LogP contribution in [0.2, 0.25) is 0 Å². The molecule has 2 fully saturated rings. The minimum atomic E-state index is -0.808. The second-order valence-electron chi connectivity index (χ2n) is 5.71. The fraction of sp³-hybridized carbons (Fsp3) is 0.500. The van der Waals surface area contributed by atoms with Crippen molar-refractivity contribution < 1.29 is 19.4 Å². The molecule has 6 heteroatoms. The summed E-state index contributed by atoms with van der Waals surface area (Å²) in [5.41, 5.74) is 0.890. The van der Waals surface area contributed by atoms with Crippen molar-refractivity contribution in [1.82, 2.24) is 9.80 Å². The maximum Gasteiger partial charge on any atom is 0.410 e. The van der Waals surface area contributed by atoms with Gasteiger partial charge in [-0.25, -0.2) is 4.79 Å². The van der Waals surface area contributed by atoms with Gasteiger partial charge >= 0.3 is 6.09 Å². The van der Waals surface area contributed by atoms with Crippen molar-refractivity contribution in [2.45, 2.75) is 31.6 Å². The molecule has 2 aliphatic rings. The van der Waals surface area contributed by atoms with E-state index in [-0.39, 0.29) is 12.5 Å². The second-order valence-corrected chi connectivity index (χ2v) is 5.71. The highest BCUT2D eigenvalue weighted by Gasteiger charge is 2.44. The first-order valence-electron chi connectivity index (χ1n) is 7.61. The molecule has 6 nitrogen and oxygen atoms in total. The molecule has 22 heavy (non-hydrogen) atoms. The van der Waals surface area contributed by atoms with E-state index >= 15 is 0 Å². The first-order chi connectivity index (χ1) is 10.7. The number of hydrogen-bond acceptors (Lipinski definition) is 4. The summed E-state index contributed by atoms with van der Waals surface area (Å²) < 4.78 is 5.28. The lowest BCUT2D eigenvalue weighted by Gasteiger charge is -2.36. The standard InChI is InChI=1S/C16H20N2O4/c19-13-7-10-18(14(13)15(20)17-8-4-9-17)16(21)22-11-12-5-2-1-3-6-12/h1-3,5-6,13-14,19H,4,7-11H2. The Morgan fingerprint density at radius 3 is 2.55 bits per heavy atom. The van der Waals surface area contributed by atoms with Gasteiger partial charge in [0.15, 0.2) is 0 Å². The number of ether oxygens (including phenoxy) is 1. The highest BCUT2D eigenvalue weighted by molar-refractivity contribution is 5.87. The van der Waals surface area contributed by atoms with Crippen LogP contribution >= 0.6 is 0 Å². The molecule has 0 bridgehead atoms. The number of rotatable bonds is 3. The molecule has 2 unspecified atom stereocenters. The van der Waals surface area contributed by atoms with Crippen LogP contribution in [0.4, 0.5) is 4.79 Å². The maximum absolute atomic E-state index is 12.3. The average molecular weight is 304 g/mol. The fourth-order valence-electron chi connectivity index (χ4n) is 2.80. The van der Waals surface area contributed by atoms with E-state index in [1.54, 1.807) is 4.90 Å². The maximum atomic E-state index is 12.3. The molecule has 3 rings (SSSR count).